The average molecular weight is 193 g/mol. The molecular formula is C11H19N3. The van der Waals surface area contributed by atoms with Crippen molar-refractivity contribution >= 4 is 0 Å². The molecular weight excluding hydrogens is 174 g/mol. The van der Waals surface area contributed by atoms with Gasteiger partial charge in [-0.15, -0.1) is 0 Å². The number of hydrogen-bond acceptors (Lipinski definition) is 3. The van der Waals surface area contributed by atoms with Gasteiger partial charge in [0.1, 0.15) is 0 Å². The second kappa shape index (κ2) is 5.73. The van der Waals surface area contributed by atoms with Gasteiger partial charge in [0.05, 0.1) is 5.69 Å². The Morgan fingerprint density at radius 2 is 2.29 bits per heavy atom. The van der Waals surface area contributed by atoms with Gasteiger partial charge in [-0.2, -0.15) is 0 Å². The third kappa shape index (κ3) is 4.35. The summed E-state index contributed by atoms with van der Waals surface area (Å²) in [6, 6.07) is 6.27. The average Bonchev–Trinajstić information content (AvgIpc) is 2.16. The monoisotopic (exact) mass is 193 g/mol. The fourth-order valence-corrected chi connectivity index (χ4v) is 1.27. The van der Waals surface area contributed by atoms with Crippen molar-refractivity contribution in [2.24, 2.45) is 5.73 Å². The van der Waals surface area contributed by atoms with Crippen LogP contribution in [0.4, 0.5) is 0 Å². The lowest BCUT2D eigenvalue weighted by Gasteiger charge is -2.17. The zero-order chi connectivity index (χ0) is 10.4. The van der Waals surface area contributed by atoms with Gasteiger partial charge < -0.3 is 10.6 Å². The summed E-state index contributed by atoms with van der Waals surface area (Å²) in [5.41, 5.74) is 6.80. The molecule has 3 nitrogen and oxygen atoms in total. The maximum absolute atomic E-state index is 5.69. The SMILES string of the molecule is CC(N)CCN(C)Cc1ccccn1. The molecule has 0 radical (unpaired) electrons. The van der Waals surface area contributed by atoms with Gasteiger partial charge >= 0.3 is 0 Å². The summed E-state index contributed by atoms with van der Waals surface area (Å²) in [4.78, 5) is 6.51. The largest absolute Gasteiger partial charge is 0.328 e. The lowest BCUT2D eigenvalue weighted by atomic mass is 10.2. The van der Waals surface area contributed by atoms with Gasteiger partial charge in [-0.25, -0.2) is 0 Å². The molecule has 0 amide bonds. The van der Waals surface area contributed by atoms with Crippen molar-refractivity contribution in [1.29, 1.82) is 0 Å². The first-order valence-electron chi connectivity index (χ1n) is 5.02. The standard InChI is InChI=1S/C11H19N3/c1-10(12)6-8-14(2)9-11-5-3-4-7-13-11/h3-5,7,10H,6,8-9,12H2,1-2H3. The van der Waals surface area contributed by atoms with E-state index in [1.165, 1.54) is 0 Å². The molecule has 0 spiro atoms. The second-order valence-corrected chi connectivity index (χ2v) is 3.82. The van der Waals surface area contributed by atoms with Crippen LogP contribution < -0.4 is 5.73 Å². The van der Waals surface area contributed by atoms with Gasteiger partial charge in [-0.1, -0.05) is 6.07 Å². The fourth-order valence-electron chi connectivity index (χ4n) is 1.27. The zero-order valence-corrected chi connectivity index (χ0v) is 8.98. The molecule has 14 heavy (non-hydrogen) atoms. The quantitative estimate of drug-likeness (QED) is 0.765. The topological polar surface area (TPSA) is 42.1 Å². The normalized spacial score (nSPS) is 13.1. The van der Waals surface area contributed by atoms with Gasteiger partial charge in [-0.05, 0) is 39.1 Å². The first kappa shape index (κ1) is 11.1. The Bertz CT molecular complexity index is 246. The zero-order valence-electron chi connectivity index (χ0n) is 8.98. The molecule has 78 valence electrons. The number of aromatic nitrogens is 1. The number of nitrogens with zero attached hydrogens (tertiary/aromatic N) is 2. The molecule has 1 aromatic rings. The third-order valence-corrected chi connectivity index (χ3v) is 2.12. The number of rotatable bonds is 5. The third-order valence-electron chi connectivity index (χ3n) is 2.12. The summed E-state index contributed by atoms with van der Waals surface area (Å²) in [6.07, 6.45) is 2.86. The van der Waals surface area contributed by atoms with E-state index in [2.05, 4.69) is 16.9 Å². The van der Waals surface area contributed by atoms with E-state index in [1.807, 2.05) is 31.3 Å². The van der Waals surface area contributed by atoms with E-state index in [1.54, 1.807) is 0 Å². The van der Waals surface area contributed by atoms with Gasteiger partial charge in [0.2, 0.25) is 0 Å². The number of hydrogen-bond donors (Lipinski definition) is 1. The van der Waals surface area contributed by atoms with Gasteiger partial charge in [0, 0.05) is 18.8 Å². The maximum Gasteiger partial charge on any atom is 0.0543 e. The fraction of sp³-hybridized carbons (Fsp3) is 0.545. The first-order valence-corrected chi connectivity index (χ1v) is 5.02. The number of pyridine rings is 1. The van der Waals surface area contributed by atoms with Crippen molar-refractivity contribution < 1.29 is 0 Å². The van der Waals surface area contributed by atoms with Gasteiger partial charge in [0.15, 0.2) is 0 Å². The van der Waals surface area contributed by atoms with Crippen molar-refractivity contribution in [2.45, 2.75) is 25.9 Å². The molecule has 1 aromatic heterocycles. The molecule has 0 saturated heterocycles. The molecule has 1 atom stereocenters. The van der Waals surface area contributed by atoms with Crippen LogP contribution in [-0.4, -0.2) is 29.5 Å². The molecule has 1 heterocycles. The molecule has 0 aliphatic carbocycles. The van der Waals surface area contributed by atoms with Crippen LogP contribution in [0.2, 0.25) is 0 Å². The summed E-state index contributed by atoms with van der Waals surface area (Å²) >= 11 is 0. The van der Waals surface area contributed by atoms with E-state index in [-0.39, 0.29) is 6.04 Å². The second-order valence-electron chi connectivity index (χ2n) is 3.82. The van der Waals surface area contributed by atoms with Gasteiger partial charge in [-0.3, -0.25) is 4.98 Å². The van der Waals surface area contributed by atoms with E-state index in [9.17, 15) is 0 Å². The van der Waals surface area contributed by atoms with Crippen LogP contribution in [-0.2, 0) is 6.54 Å². The molecule has 0 bridgehead atoms. The van der Waals surface area contributed by atoms with Crippen molar-refractivity contribution in [3.05, 3.63) is 30.1 Å². The Morgan fingerprint density at radius 3 is 2.86 bits per heavy atom. The minimum Gasteiger partial charge on any atom is -0.328 e. The minimum absolute atomic E-state index is 0.279. The Kier molecular flexibility index (Phi) is 4.56. The van der Waals surface area contributed by atoms with E-state index >= 15 is 0 Å². The summed E-state index contributed by atoms with van der Waals surface area (Å²) in [7, 11) is 2.09. The molecule has 0 aliphatic rings. The molecule has 0 fully saturated rings. The van der Waals surface area contributed by atoms with Crippen LogP contribution in [0.1, 0.15) is 19.0 Å². The predicted molar refractivity (Wildman–Crippen MR) is 58.8 cm³/mol. The van der Waals surface area contributed by atoms with Gasteiger partial charge in [0.25, 0.3) is 0 Å². The van der Waals surface area contributed by atoms with E-state index in [4.69, 9.17) is 5.73 Å². The molecule has 0 saturated carbocycles. The highest BCUT2D eigenvalue weighted by Crippen LogP contribution is 1.99. The summed E-state index contributed by atoms with van der Waals surface area (Å²) < 4.78 is 0. The van der Waals surface area contributed by atoms with Crippen molar-refractivity contribution in [3.8, 4) is 0 Å². The van der Waals surface area contributed by atoms with Crippen molar-refractivity contribution in [2.75, 3.05) is 13.6 Å². The lowest BCUT2D eigenvalue weighted by Crippen LogP contribution is -2.26. The maximum atomic E-state index is 5.69. The smallest absolute Gasteiger partial charge is 0.0543 e. The Hall–Kier alpha value is -0.930. The Morgan fingerprint density at radius 1 is 1.50 bits per heavy atom. The first-order chi connectivity index (χ1) is 6.68. The highest BCUT2D eigenvalue weighted by Gasteiger charge is 2.01. The molecule has 1 unspecified atom stereocenters. The van der Waals surface area contributed by atoms with Crippen LogP contribution in [0.25, 0.3) is 0 Å². The van der Waals surface area contributed by atoms with Crippen LogP contribution in [0.5, 0.6) is 0 Å². The van der Waals surface area contributed by atoms with Crippen LogP contribution in [0.15, 0.2) is 24.4 Å². The minimum atomic E-state index is 0.279. The molecule has 3 heteroatoms. The summed E-state index contributed by atoms with van der Waals surface area (Å²) in [5, 5.41) is 0. The van der Waals surface area contributed by atoms with Crippen molar-refractivity contribution in [3.63, 3.8) is 0 Å². The van der Waals surface area contributed by atoms with Crippen LogP contribution in [0, 0.1) is 0 Å². The van der Waals surface area contributed by atoms with E-state index in [0.29, 0.717) is 0 Å². The van der Waals surface area contributed by atoms with E-state index < -0.39 is 0 Å². The Balaban J connectivity index is 2.30. The molecule has 1 rings (SSSR count). The summed E-state index contributed by atoms with van der Waals surface area (Å²) in [6.45, 7) is 3.95. The number of nitrogens with two attached hydrogens (primary N) is 1. The van der Waals surface area contributed by atoms with E-state index in [0.717, 1.165) is 25.2 Å². The molecule has 0 aromatic carbocycles. The van der Waals surface area contributed by atoms with Crippen molar-refractivity contribution in [1.82, 2.24) is 9.88 Å². The summed E-state index contributed by atoms with van der Waals surface area (Å²) in [5.74, 6) is 0. The molecule has 0 aliphatic heterocycles. The van der Waals surface area contributed by atoms with Crippen LogP contribution in [0.3, 0.4) is 0 Å². The highest BCUT2D eigenvalue weighted by molar-refractivity contribution is 5.02. The highest BCUT2D eigenvalue weighted by atomic mass is 15.1. The molecule has 2 N–H and O–H groups in total. The lowest BCUT2D eigenvalue weighted by molar-refractivity contribution is 0.310. The predicted octanol–water partition coefficient (Wildman–Crippen LogP) is 1.25. The Labute approximate surface area is 85.9 Å². The van der Waals surface area contributed by atoms with Crippen LogP contribution >= 0.6 is 0 Å².